The van der Waals surface area contributed by atoms with E-state index in [1.54, 1.807) is 0 Å². The van der Waals surface area contributed by atoms with Gasteiger partial charge < -0.3 is 14.4 Å². The fraction of sp³-hybridized carbons (Fsp3) is 0.409. The molecule has 2 aromatic rings. The Bertz CT molecular complexity index is 801. The second-order valence-corrected chi connectivity index (χ2v) is 6.55. The molecule has 1 amide bonds. The summed E-state index contributed by atoms with van der Waals surface area (Å²) < 4.78 is 11.2. The zero-order chi connectivity index (χ0) is 18.4. The van der Waals surface area contributed by atoms with Crippen LogP contribution in [-0.4, -0.2) is 43.7 Å². The van der Waals surface area contributed by atoms with E-state index in [1.807, 2.05) is 48.2 Å². The number of likely N-dealkylation sites (tertiary alicyclic amines) is 1. The van der Waals surface area contributed by atoms with Crippen LogP contribution >= 0.6 is 0 Å². The zero-order valence-corrected chi connectivity index (χ0v) is 15.2. The summed E-state index contributed by atoms with van der Waals surface area (Å²) in [6.07, 6.45) is 7.09. The van der Waals surface area contributed by atoms with Crippen molar-refractivity contribution < 1.29 is 14.3 Å². The molecule has 3 rings (SSSR count). The van der Waals surface area contributed by atoms with Crippen LogP contribution in [0.25, 0.3) is 10.8 Å². The van der Waals surface area contributed by atoms with Crippen LogP contribution in [0.15, 0.2) is 36.4 Å². The van der Waals surface area contributed by atoms with E-state index < -0.39 is 0 Å². The largest absolute Gasteiger partial charge is 0.493 e. The van der Waals surface area contributed by atoms with Gasteiger partial charge in [-0.25, -0.2) is 0 Å². The number of amides is 1. The quantitative estimate of drug-likeness (QED) is 0.588. The van der Waals surface area contributed by atoms with Crippen LogP contribution in [-0.2, 0) is 4.74 Å². The van der Waals surface area contributed by atoms with Crippen molar-refractivity contribution in [3.05, 3.63) is 42.0 Å². The fourth-order valence-corrected chi connectivity index (χ4v) is 3.49. The van der Waals surface area contributed by atoms with Crippen molar-refractivity contribution in [2.45, 2.75) is 19.8 Å². The smallest absolute Gasteiger partial charge is 0.258 e. The molecule has 1 heterocycles. The molecule has 0 spiro atoms. The van der Waals surface area contributed by atoms with E-state index >= 15 is 0 Å². The summed E-state index contributed by atoms with van der Waals surface area (Å²) in [4.78, 5) is 15.2. The van der Waals surface area contributed by atoms with E-state index in [-0.39, 0.29) is 5.91 Å². The Kier molecular flexibility index (Phi) is 6.14. The first-order chi connectivity index (χ1) is 12.7. The van der Waals surface area contributed by atoms with Crippen molar-refractivity contribution in [2.75, 3.05) is 32.9 Å². The lowest BCUT2D eigenvalue weighted by Gasteiger charge is -2.32. The predicted molar refractivity (Wildman–Crippen MR) is 103 cm³/mol. The first-order valence-electron chi connectivity index (χ1n) is 9.19. The summed E-state index contributed by atoms with van der Waals surface area (Å²) in [5.41, 5.74) is 0.673. The molecule has 4 nitrogen and oxygen atoms in total. The summed E-state index contributed by atoms with van der Waals surface area (Å²) in [6.45, 7) is 4.96. The molecule has 0 unspecified atom stereocenters. The Hall–Kier alpha value is -2.51. The molecule has 1 saturated heterocycles. The van der Waals surface area contributed by atoms with Crippen LogP contribution in [0.2, 0.25) is 0 Å². The minimum atomic E-state index is 0.0493. The maximum absolute atomic E-state index is 13.3. The van der Waals surface area contributed by atoms with Crippen molar-refractivity contribution in [1.82, 2.24) is 4.90 Å². The van der Waals surface area contributed by atoms with Gasteiger partial charge in [0.05, 0.1) is 18.8 Å². The van der Waals surface area contributed by atoms with E-state index in [0.29, 0.717) is 37.1 Å². The Labute approximate surface area is 155 Å². The highest BCUT2D eigenvalue weighted by Gasteiger charge is 2.27. The number of carbonyl (C=O) groups excluding carboxylic acids is 1. The van der Waals surface area contributed by atoms with Crippen LogP contribution in [0.5, 0.6) is 5.75 Å². The summed E-state index contributed by atoms with van der Waals surface area (Å²) in [5, 5.41) is 2.00. The molecule has 0 N–H and O–H groups in total. The second-order valence-electron chi connectivity index (χ2n) is 6.55. The number of hydrogen-bond acceptors (Lipinski definition) is 3. The third-order valence-corrected chi connectivity index (χ3v) is 4.85. The van der Waals surface area contributed by atoms with Crippen LogP contribution in [0.3, 0.4) is 0 Å². The van der Waals surface area contributed by atoms with E-state index in [9.17, 15) is 4.79 Å². The maximum Gasteiger partial charge on any atom is 0.258 e. The molecule has 0 aromatic heterocycles. The number of carbonyl (C=O) groups is 1. The molecule has 0 bridgehead atoms. The molecule has 136 valence electrons. The normalized spacial score (nSPS) is 15.0. The van der Waals surface area contributed by atoms with E-state index in [2.05, 4.69) is 5.92 Å². The van der Waals surface area contributed by atoms with E-state index in [1.165, 1.54) is 0 Å². The lowest BCUT2D eigenvalue weighted by Crippen LogP contribution is -2.39. The van der Waals surface area contributed by atoms with E-state index in [4.69, 9.17) is 15.9 Å². The van der Waals surface area contributed by atoms with Crippen molar-refractivity contribution in [3.8, 4) is 18.1 Å². The van der Waals surface area contributed by atoms with Crippen molar-refractivity contribution in [1.29, 1.82) is 0 Å². The Balaban J connectivity index is 1.78. The Morgan fingerprint density at radius 1 is 1.23 bits per heavy atom. The lowest BCUT2D eigenvalue weighted by atomic mass is 9.96. The summed E-state index contributed by atoms with van der Waals surface area (Å²) in [6, 6.07) is 11.9. The van der Waals surface area contributed by atoms with Gasteiger partial charge in [0.25, 0.3) is 5.91 Å². The van der Waals surface area contributed by atoms with Crippen LogP contribution < -0.4 is 4.74 Å². The SMILES string of the molecule is C#CCOCC1CCN(C(=O)c2c(OCC)ccc3ccccc23)CC1. The Morgan fingerprint density at radius 3 is 2.73 bits per heavy atom. The third-order valence-electron chi connectivity index (χ3n) is 4.85. The summed E-state index contributed by atoms with van der Waals surface area (Å²) in [5.74, 6) is 3.67. The van der Waals surface area contributed by atoms with Gasteiger partial charge in [0.1, 0.15) is 12.4 Å². The number of ether oxygens (including phenoxy) is 2. The van der Waals surface area contributed by atoms with Crippen molar-refractivity contribution in [2.24, 2.45) is 5.92 Å². The predicted octanol–water partition coefficient (Wildman–Crippen LogP) is 3.74. The molecule has 0 saturated carbocycles. The number of piperidine rings is 1. The summed E-state index contributed by atoms with van der Waals surface area (Å²) >= 11 is 0. The maximum atomic E-state index is 13.3. The molecule has 4 heteroatoms. The molecule has 0 atom stereocenters. The van der Waals surface area contributed by atoms with Gasteiger partial charge in [0.2, 0.25) is 0 Å². The molecule has 0 radical (unpaired) electrons. The second kappa shape index (κ2) is 8.73. The Morgan fingerprint density at radius 2 is 2.00 bits per heavy atom. The van der Waals surface area contributed by atoms with Crippen molar-refractivity contribution >= 4 is 16.7 Å². The van der Waals surface area contributed by atoms with Gasteiger partial charge in [-0.05, 0) is 42.5 Å². The standard InChI is InChI=1S/C22H25NO3/c1-3-15-25-16-17-11-13-23(14-12-17)22(24)21-19-8-6-5-7-18(19)9-10-20(21)26-4-2/h1,5-10,17H,4,11-16H2,2H3. The van der Waals surface area contributed by atoms with E-state index in [0.717, 1.165) is 36.7 Å². The molecular weight excluding hydrogens is 326 g/mol. The number of rotatable bonds is 6. The molecule has 2 aromatic carbocycles. The van der Waals surface area contributed by atoms with Gasteiger partial charge >= 0.3 is 0 Å². The molecule has 1 aliphatic heterocycles. The van der Waals surface area contributed by atoms with Gasteiger partial charge in [-0.3, -0.25) is 4.79 Å². The fourth-order valence-electron chi connectivity index (χ4n) is 3.49. The number of benzene rings is 2. The average molecular weight is 351 g/mol. The van der Waals surface area contributed by atoms with Crippen LogP contribution in [0, 0.1) is 18.3 Å². The minimum absolute atomic E-state index is 0.0493. The van der Waals surface area contributed by atoms with Gasteiger partial charge in [-0.15, -0.1) is 6.42 Å². The van der Waals surface area contributed by atoms with Gasteiger partial charge in [-0.1, -0.05) is 36.3 Å². The first-order valence-corrected chi connectivity index (χ1v) is 9.19. The highest BCUT2D eigenvalue weighted by Crippen LogP contribution is 2.31. The summed E-state index contributed by atoms with van der Waals surface area (Å²) in [7, 11) is 0. The average Bonchev–Trinajstić information content (AvgIpc) is 2.68. The third kappa shape index (κ3) is 4.00. The van der Waals surface area contributed by atoms with Crippen LogP contribution in [0.1, 0.15) is 30.1 Å². The molecule has 0 aliphatic carbocycles. The number of nitrogens with zero attached hydrogens (tertiary/aromatic N) is 1. The molecular formula is C22H25NO3. The van der Waals surface area contributed by atoms with Gasteiger partial charge in [0.15, 0.2) is 0 Å². The van der Waals surface area contributed by atoms with Crippen LogP contribution in [0.4, 0.5) is 0 Å². The number of terminal acetylenes is 1. The van der Waals surface area contributed by atoms with Crippen molar-refractivity contribution in [3.63, 3.8) is 0 Å². The number of hydrogen-bond donors (Lipinski definition) is 0. The zero-order valence-electron chi connectivity index (χ0n) is 15.2. The molecule has 1 fully saturated rings. The van der Waals surface area contributed by atoms with Gasteiger partial charge in [0, 0.05) is 13.1 Å². The topological polar surface area (TPSA) is 38.8 Å². The number of fused-ring (bicyclic) bond motifs is 1. The lowest BCUT2D eigenvalue weighted by molar-refractivity contribution is 0.0580. The highest BCUT2D eigenvalue weighted by atomic mass is 16.5. The van der Waals surface area contributed by atoms with Gasteiger partial charge in [-0.2, -0.15) is 0 Å². The molecule has 1 aliphatic rings. The highest BCUT2D eigenvalue weighted by molar-refractivity contribution is 6.09. The molecule has 26 heavy (non-hydrogen) atoms. The monoisotopic (exact) mass is 351 g/mol. The minimum Gasteiger partial charge on any atom is -0.493 e. The first kappa shape index (κ1) is 18.3.